The standard InChI is InChI=1S/C18H19N5O5/c1-3-28-15-8-10(4-7-14(15)27-2)16(19)18-20-17(21-22-18)12-9-11(23(25)26)5-6-13(12)24/h4-9,16,24H,3,19H2,1-2H3,(H,20,21,22)/t16-/m0/s1. The zero-order chi connectivity index (χ0) is 20.3. The van der Waals surface area contributed by atoms with Crippen LogP contribution in [0.15, 0.2) is 36.4 Å². The van der Waals surface area contributed by atoms with Gasteiger partial charge in [0.2, 0.25) is 0 Å². The van der Waals surface area contributed by atoms with Crippen LogP contribution in [0.5, 0.6) is 17.2 Å². The second kappa shape index (κ2) is 7.92. The van der Waals surface area contributed by atoms with Crippen LogP contribution in [0.2, 0.25) is 0 Å². The molecule has 0 amide bonds. The van der Waals surface area contributed by atoms with Crippen molar-refractivity contribution in [3.63, 3.8) is 0 Å². The summed E-state index contributed by atoms with van der Waals surface area (Å²) in [5.74, 6) is 1.39. The van der Waals surface area contributed by atoms with E-state index in [1.807, 2.05) is 6.92 Å². The van der Waals surface area contributed by atoms with Crippen molar-refractivity contribution in [3.05, 3.63) is 57.9 Å². The molecule has 0 aliphatic carbocycles. The molecule has 0 unspecified atom stereocenters. The molecule has 0 fully saturated rings. The Morgan fingerprint density at radius 1 is 1.29 bits per heavy atom. The van der Waals surface area contributed by atoms with Gasteiger partial charge in [0, 0.05) is 12.1 Å². The van der Waals surface area contributed by atoms with E-state index in [1.165, 1.54) is 18.2 Å². The van der Waals surface area contributed by atoms with Crippen molar-refractivity contribution in [3.8, 4) is 28.6 Å². The number of nitrogens with one attached hydrogen (secondary N) is 1. The minimum absolute atomic E-state index is 0.102. The third-order valence-corrected chi connectivity index (χ3v) is 4.08. The van der Waals surface area contributed by atoms with Crippen LogP contribution in [0.4, 0.5) is 5.69 Å². The van der Waals surface area contributed by atoms with E-state index in [2.05, 4.69) is 15.2 Å². The molecule has 1 atom stereocenters. The summed E-state index contributed by atoms with van der Waals surface area (Å²) >= 11 is 0. The van der Waals surface area contributed by atoms with E-state index in [9.17, 15) is 15.2 Å². The maximum atomic E-state index is 11.0. The zero-order valence-electron chi connectivity index (χ0n) is 15.2. The van der Waals surface area contributed by atoms with Crippen molar-refractivity contribution in [2.45, 2.75) is 13.0 Å². The molecular formula is C18H19N5O5. The van der Waals surface area contributed by atoms with Gasteiger partial charge in [0.1, 0.15) is 11.6 Å². The van der Waals surface area contributed by atoms with Gasteiger partial charge in [0.05, 0.1) is 30.2 Å². The molecule has 146 valence electrons. The average molecular weight is 385 g/mol. The van der Waals surface area contributed by atoms with Crippen molar-refractivity contribution in [1.29, 1.82) is 0 Å². The molecular weight excluding hydrogens is 366 g/mol. The van der Waals surface area contributed by atoms with Gasteiger partial charge in [-0.3, -0.25) is 15.2 Å². The van der Waals surface area contributed by atoms with Crippen LogP contribution in [-0.2, 0) is 0 Å². The first-order valence-corrected chi connectivity index (χ1v) is 8.41. The van der Waals surface area contributed by atoms with E-state index in [1.54, 1.807) is 25.3 Å². The zero-order valence-corrected chi connectivity index (χ0v) is 15.2. The van der Waals surface area contributed by atoms with E-state index in [4.69, 9.17) is 15.2 Å². The molecule has 10 heteroatoms. The number of phenolic OH excluding ortho intramolecular Hbond substituents is 1. The number of hydrogen-bond acceptors (Lipinski definition) is 8. The van der Waals surface area contributed by atoms with Gasteiger partial charge >= 0.3 is 0 Å². The Labute approximate surface area is 160 Å². The number of aromatic nitrogens is 3. The second-order valence-electron chi connectivity index (χ2n) is 5.82. The molecule has 0 bridgehead atoms. The van der Waals surface area contributed by atoms with Crippen LogP contribution in [0, 0.1) is 10.1 Å². The number of benzene rings is 2. The molecule has 3 rings (SSSR count). The topological polar surface area (TPSA) is 149 Å². The SMILES string of the molecule is CCOc1cc([C@H](N)c2nc(-c3cc([N+](=O)[O-])ccc3O)n[nH]2)ccc1OC. The van der Waals surface area contributed by atoms with Gasteiger partial charge in [-0.05, 0) is 30.7 Å². The highest BCUT2D eigenvalue weighted by atomic mass is 16.6. The van der Waals surface area contributed by atoms with Crippen LogP contribution in [0.25, 0.3) is 11.4 Å². The highest BCUT2D eigenvalue weighted by Crippen LogP contribution is 2.33. The van der Waals surface area contributed by atoms with Gasteiger partial charge in [0.15, 0.2) is 17.3 Å². The van der Waals surface area contributed by atoms with E-state index in [0.29, 0.717) is 29.5 Å². The number of phenols is 1. The van der Waals surface area contributed by atoms with Crippen molar-refractivity contribution in [2.75, 3.05) is 13.7 Å². The lowest BCUT2D eigenvalue weighted by atomic mass is 10.1. The van der Waals surface area contributed by atoms with Crippen LogP contribution in [0.3, 0.4) is 0 Å². The quantitative estimate of drug-likeness (QED) is 0.415. The highest BCUT2D eigenvalue weighted by Gasteiger charge is 2.20. The molecule has 28 heavy (non-hydrogen) atoms. The third kappa shape index (κ3) is 3.71. The van der Waals surface area contributed by atoms with Crippen LogP contribution >= 0.6 is 0 Å². The van der Waals surface area contributed by atoms with Crippen molar-refractivity contribution in [1.82, 2.24) is 15.2 Å². The number of hydrogen-bond donors (Lipinski definition) is 3. The van der Waals surface area contributed by atoms with Crippen LogP contribution in [0.1, 0.15) is 24.4 Å². The third-order valence-electron chi connectivity index (χ3n) is 4.08. The summed E-state index contributed by atoms with van der Waals surface area (Å²) in [6.45, 7) is 2.33. The van der Waals surface area contributed by atoms with Gasteiger partial charge in [-0.1, -0.05) is 6.07 Å². The van der Waals surface area contributed by atoms with Crippen molar-refractivity contribution in [2.24, 2.45) is 5.73 Å². The van der Waals surface area contributed by atoms with Gasteiger partial charge in [0.25, 0.3) is 5.69 Å². The molecule has 0 spiro atoms. The number of non-ortho nitro benzene ring substituents is 1. The number of nitrogens with two attached hydrogens (primary N) is 1. The Morgan fingerprint density at radius 2 is 2.07 bits per heavy atom. The molecule has 1 aromatic heterocycles. The summed E-state index contributed by atoms with van der Waals surface area (Å²) in [7, 11) is 1.55. The number of aromatic amines is 1. The van der Waals surface area contributed by atoms with Gasteiger partial charge in [-0.25, -0.2) is 4.98 Å². The Balaban J connectivity index is 1.93. The van der Waals surface area contributed by atoms with E-state index < -0.39 is 11.0 Å². The minimum Gasteiger partial charge on any atom is -0.507 e. The largest absolute Gasteiger partial charge is 0.507 e. The predicted octanol–water partition coefficient (Wildman–Crippen LogP) is 2.54. The average Bonchev–Trinajstić information content (AvgIpc) is 3.17. The first-order valence-electron chi connectivity index (χ1n) is 8.41. The fourth-order valence-electron chi connectivity index (χ4n) is 2.66. The maximum Gasteiger partial charge on any atom is 0.270 e. The van der Waals surface area contributed by atoms with Gasteiger partial charge in [-0.15, -0.1) is 0 Å². The normalized spacial score (nSPS) is 11.8. The lowest BCUT2D eigenvalue weighted by Crippen LogP contribution is -2.14. The fourth-order valence-corrected chi connectivity index (χ4v) is 2.66. The number of rotatable bonds is 7. The number of nitrogens with zero attached hydrogens (tertiary/aromatic N) is 3. The fraction of sp³-hybridized carbons (Fsp3) is 0.222. The molecule has 3 aromatic rings. The number of aromatic hydroxyl groups is 1. The lowest BCUT2D eigenvalue weighted by Gasteiger charge is -2.14. The highest BCUT2D eigenvalue weighted by molar-refractivity contribution is 5.67. The number of ether oxygens (including phenoxy) is 2. The van der Waals surface area contributed by atoms with Crippen molar-refractivity contribution < 1.29 is 19.5 Å². The summed E-state index contributed by atoms with van der Waals surface area (Å²) in [6.07, 6.45) is 0. The number of methoxy groups -OCH3 is 1. The molecule has 4 N–H and O–H groups in total. The van der Waals surface area contributed by atoms with Gasteiger partial charge in [-0.2, -0.15) is 5.10 Å². The summed E-state index contributed by atoms with van der Waals surface area (Å²) in [5.41, 5.74) is 6.94. The second-order valence-corrected chi connectivity index (χ2v) is 5.82. The van der Waals surface area contributed by atoms with Crippen LogP contribution < -0.4 is 15.2 Å². The molecule has 2 aromatic carbocycles. The number of nitro benzene ring substituents is 1. The molecule has 0 aliphatic heterocycles. The Kier molecular flexibility index (Phi) is 5.41. The Hall–Kier alpha value is -3.66. The molecule has 0 radical (unpaired) electrons. The van der Waals surface area contributed by atoms with E-state index in [-0.39, 0.29) is 22.8 Å². The molecule has 0 saturated heterocycles. The van der Waals surface area contributed by atoms with E-state index in [0.717, 1.165) is 0 Å². The Bertz CT molecular complexity index is 1000. The predicted molar refractivity (Wildman–Crippen MR) is 100 cm³/mol. The summed E-state index contributed by atoms with van der Waals surface area (Å²) in [5, 5.41) is 27.7. The molecule has 0 aliphatic rings. The van der Waals surface area contributed by atoms with Gasteiger partial charge < -0.3 is 20.3 Å². The first kappa shape index (κ1) is 19.1. The number of H-pyrrole nitrogens is 1. The first-order chi connectivity index (χ1) is 13.4. The molecule has 10 nitrogen and oxygen atoms in total. The lowest BCUT2D eigenvalue weighted by molar-refractivity contribution is -0.384. The van der Waals surface area contributed by atoms with Crippen molar-refractivity contribution >= 4 is 5.69 Å². The summed E-state index contributed by atoms with van der Waals surface area (Å²) in [4.78, 5) is 14.7. The number of nitro groups is 1. The molecule has 0 saturated carbocycles. The smallest absolute Gasteiger partial charge is 0.270 e. The van der Waals surface area contributed by atoms with Crippen LogP contribution in [-0.4, -0.2) is 38.9 Å². The monoisotopic (exact) mass is 385 g/mol. The Morgan fingerprint density at radius 3 is 2.75 bits per heavy atom. The van der Waals surface area contributed by atoms with E-state index >= 15 is 0 Å². The summed E-state index contributed by atoms with van der Waals surface area (Å²) < 4.78 is 10.8. The summed E-state index contributed by atoms with van der Waals surface area (Å²) in [6, 6.07) is 8.23. The minimum atomic E-state index is -0.660. The maximum absolute atomic E-state index is 11.0. The molecule has 1 heterocycles.